The first-order valence-electron chi connectivity index (χ1n) is 4.44. The Bertz CT molecular complexity index is 435. The lowest BCUT2D eigenvalue weighted by Gasteiger charge is -2.08. The fraction of sp³-hybridized carbons (Fsp3) is 0.273. The summed E-state index contributed by atoms with van der Waals surface area (Å²) < 4.78 is 4.63. The summed E-state index contributed by atoms with van der Waals surface area (Å²) in [6, 6.07) is 5.08. The van der Waals surface area contributed by atoms with Crippen LogP contribution in [0.5, 0.6) is 0 Å². The number of ether oxygens (including phenoxy) is 1. The molecule has 3 nitrogen and oxygen atoms in total. The number of aryl methyl sites for hydroxylation is 1. The Labute approximate surface area is 93.2 Å². The van der Waals surface area contributed by atoms with Crippen molar-refractivity contribution in [3.63, 3.8) is 0 Å². The predicted molar refractivity (Wildman–Crippen MR) is 56.9 cm³/mol. The molecule has 0 unspecified atom stereocenters. The van der Waals surface area contributed by atoms with Gasteiger partial charge in [-0.3, -0.25) is 0 Å². The van der Waals surface area contributed by atoms with E-state index in [2.05, 4.69) is 4.74 Å². The monoisotopic (exact) mass is 223 g/mol. The predicted octanol–water partition coefficient (Wildman–Crippen LogP) is 2.56. The number of carbonyl (C=O) groups is 1. The van der Waals surface area contributed by atoms with E-state index in [4.69, 9.17) is 16.9 Å². The van der Waals surface area contributed by atoms with Gasteiger partial charge in [-0.15, -0.1) is 0 Å². The molecule has 4 heteroatoms. The molecule has 0 saturated heterocycles. The molecular weight excluding hydrogens is 214 g/mol. The Hall–Kier alpha value is -1.53. The van der Waals surface area contributed by atoms with Crippen LogP contribution in [-0.4, -0.2) is 13.1 Å². The average Bonchev–Trinajstić information content (AvgIpc) is 2.26. The maximum Gasteiger partial charge on any atom is 0.339 e. The second-order valence-electron chi connectivity index (χ2n) is 2.94. The van der Waals surface area contributed by atoms with Crippen LogP contribution in [0, 0.1) is 11.3 Å². The summed E-state index contributed by atoms with van der Waals surface area (Å²) in [5.41, 5.74) is 1.30. The van der Waals surface area contributed by atoms with Crippen molar-refractivity contribution < 1.29 is 9.53 Å². The van der Waals surface area contributed by atoms with Crippen molar-refractivity contribution in [2.45, 2.75) is 13.3 Å². The SMILES string of the molecule is CCc1cc(Cl)cc(C#N)c1C(=O)OC. The zero-order valence-electron chi connectivity index (χ0n) is 8.50. The van der Waals surface area contributed by atoms with Crippen LogP contribution < -0.4 is 0 Å². The highest BCUT2D eigenvalue weighted by atomic mass is 35.5. The maximum absolute atomic E-state index is 11.5. The lowest BCUT2D eigenvalue weighted by atomic mass is 10.00. The van der Waals surface area contributed by atoms with Gasteiger partial charge >= 0.3 is 5.97 Å². The largest absolute Gasteiger partial charge is 0.465 e. The van der Waals surface area contributed by atoms with E-state index in [1.165, 1.54) is 13.2 Å². The van der Waals surface area contributed by atoms with E-state index in [0.29, 0.717) is 17.0 Å². The lowest BCUT2D eigenvalue weighted by Crippen LogP contribution is -2.08. The Kier molecular flexibility index (Phi) is 3.70. The van der Waals surface area contributed by atoms with E-state index in [1.54, 1.807) is 6.07 Å². The third kappa shape index (κ3) is 2.28. The van der Waals surface area contributed by atoms with Crippen LogP contribution in [0.15, 0.2) is 12.1 Å². The fourth-order valence-corrected chi connectivity index (χ4v) is 1.61. The molecule has 0 atom stereocenters. The van der Waals surface area contributed by atoms with Gasteiger partial charge in [0, 0.05) is 5.02 Å². The number of halogens is 1. The van der Waals surface area contributed by atoms with E-state index >= 15 is 0 Å². The summed E-state index contributed by atoms with van der Waals surface area (Å²) in [7, 11) is 1.29. The van der Waals surface area contributed by atoms with Crippen molar-refractivity contribution in [2.75, 3.05) is 7.11 Å². The number of nitriles is 1. The van der Waals surface area contributed by atoms with Crippen molar-refractivity contribution >= 4 is 17.6 Å². The Balaban J connectivity index is 3.45. The molecule has 1 aromatic carbocycles. The van der Waals surface area contributed by atoms with Crippen LogP contribution >= 0.6 is 11.6 Å². The molecule has 0 aromatic heterocycles. The average molecular weight is 224 g/mol. The summed E-state index contributed by atoms with van der Waals surface area (Å²) in [5.74, 6) is -0.500. The first-order chi connectivity index (χ1) is 7.13. The first-order valence-corrected chi connectivity index (χ1v) is 4.82. The zero-order valence-corrected chi connectivity index (χ0v) is 9.26. The highest BCUT2D eigenvalue weighted by molar-refractivity contribution is 6.31. The van der Waals surface area contributed by atoms with Gasteiger partial charge in [0.05, 0.1) is 18.2 Å². The maximum atomic E-state index is 11.5. The molecule has 0 radical (unpaired) electrons. The van der Waals surface area contributed by atoms with Crippen molar-refractivity contribution in [1.82, 2.24) is 0 Å². The molecule has 15 heavy (non-hydrogen) atoms. The summed E-state index contributed by atoms with van der Waals surface area (Å²) >= 11 is 5.82. The zero-order chi connectivity index (χ0) is 11.4. The van der Waals surface area contributed by atoms with Crippen molar-refractivity contribution in [1.29, 1.82) is 5.26 Å². The molecule has 0 amide bonds. The van der Waals surface area contributed by atoms with Gasteiger partial charge in [0.25, 0.3) is 0 Å². The molecule has 0 heterocycles. The molecule has 0 spiro atoms. The third-order valence-electron chi connectivity index (χ3n) is 2.08. The quantitative estimate of drug-likeness (QED) is 0.724. The van der Waals surface area contributed by atoms with E-state index < -0.39 is 5.97 Å². The molecule has 78 valence electrons. The second-order valence-corrected chi connectivity index (χ2v) is 3.38. The van der Waals surface area contributed by atoms with Crippen LogP contribution in [0.4, 0.5) is 0 Å². The molecule has 1 rings (SSSR count). The van der Waals surface area contributed by atoms with Gasteiger partial charge in [0.2, 0.25) is 0 Å². The highest BCUT2D eigenvalue weighted by Gasteiger charge is 2.17. The lowest BCUT2D eigenvalue weighted by molar-refractivity contribution is 0.0599. The number of carbonyl (C=O) groups excluding carboxylic acids is 1. The van der Waals surface area contributed by atoms with Gasteiger partial charge in [-0.1, -0.05) is 18.5 Å². The number of esters is 1. The smallest absolute Gasteiger partial charge is 0.339 e. The van der Waals surface area contributed by atoms with Gasteiger partial charge < -0.3 is 4.74 Å². The molecule has 0 aliphatic heterocycles. The van der Waals surface area contributed by atoms with Gasteiger partial charge in [-0.05, 0) is 24.1 Å². The van der Waals surface area contributed by atoms with Crippen LogP contribution in [0.1, 0.15) is 28.4 Å². The van der Waals surface area contributed by atoms with Crippen molar-refractivity contribution in [3.8, 4) is 6.07 Å². The van der Waals surface area contributed by atoms with Gasteiger partial charge in [0.15, 0.2) is 0 Å². The summed E-state index contributed by atoms with van der Waals surface area (Å²) in [4.78, 5) is 11.5. The first kappa shape index (κ1) is 11.5. The second kappa shape index (κ2) is 4.81. The third-order valence-corrected chi connectivity index (χ3v) is 2.29. The summed E-state index contributed by atoms with van der Waals surface area (Å²) in [6.07, 6.45) is 0.625. The molecular formula is C11H10ClNO2. The number of hydrogen-bond donors (Lipinski definition) is 0. The minimum absolute atomic E-state index is 0.256. The number of hydrogen-bond acceptors (Lipinski definition) is 3. The molecule has 0 bridgehead atoms. The normalized spacial score (nSPS) is 9.47. The van der Waals surface area contributed by atoms with E-state index in [-0.39, 0.29) is 5.56 Å². The number of benzene rings is 1. The van der Waals surface area contributed by atoms with E-state index in [0.717, 1.165) is 5.56 Å². The van der Waals surface area contributed by atoms with Crippen LogP contribution in [0.2, 0.25) is 5.02 Å². The van der Waals surface area contributed by atoms with Crippen LogP contribution in [0.25, 0.3) is 0 Å². The number of methoxy groups -OCH3 is 1. The molecule has 0 aliphatic carbocycles. The van der Waals surface area contributed by atoms with E-state index in [1.807, 2.05) is 13.0 Å². The van der Waals surface area contributed by atoms with Gasteiger partial charge in [0.1, 0.15) is 6.07 Å². The minimum Gasteiger partial charge on any atom is -0.465 e. The Morgan fingerprint density at radius 3 is 2.73 bits per heavy atom. The standard InChI is InChI=1S/C11H10ClNO2/c1-3-7-4-9(12)5-8(6-13)10(7)11(14)15-2/h4-5H,3H2,1-2H3. The topological polar surface area (TPSA) is 50.1 Å². The van der Waals surface area contributed by atoms with Crippen LogP contribution in [0.3, 0.4) is 0 Å². The van der Waals surface area contributed by atoms with Gasteiger partial charge in [-0.2, -0.15) is 5.26 Å². The van der Waals surface area contributed by atoms with Crippen molar-refractivity contribution in [2.24, 2.45) is 0 Å². The summed E-state index contributed by atoms with van der Waals surface area (Å²) in [6.45, 7) is 1.89. The fourth-order valence-electron chi connectivity index (χ4n) is 1.37. The Morgan fingerprint density at radius 2 is 2.27 bits per heavy atom. The molecule has 0 N–H and O–H groups in total. The molecule has 0 saturated carbocycles. The highest BCUT2D eigenvalue weighted by Crippen LogP contribution is 2.22. The molecule has 0 fully saturated rings. The summed E-state index contributed by atoms with van der Waals surface area (Å²) in [5, 5.41) is 9.35. The Morgan fingerprint density at radius 1 is 1.60 bits per heavy atom. The van der Waals surface area contributed by atoms with Gasteiger partial charge in [-0.25, -0.2) is 4.79 Å². The molecule has 0 aliphatic rings. The minimum atomic E-state index is -0.500. The van der Waals surface area contributed by atoms with Crippen molar-refractivity contribution in [3.05, 3.63) is 33.8 Å². The van der Waals surface area contributed by atoms with Crippen LogP contribution in [-0.2, 0) is 11.2 Å². The van der Waals surface area contributed by atoms with E-state index in [9.17, 15) is 4.79 Å². The molecule has 1 aromatic rings. The number of nitrogens with zero attached hydrogens (tertiary/aromatic N) is 1. The number of rotatable bonds is 2.